The number of ketones is 1. The van der Waals surface area contributed by atoms with Gasteiger partial charge < -0.3 is 9.47 Å². The number of carbonyl (C=O) groups excluding carboxylic acids is 1. The topological polar surface area (TPSA) is 54.9 Å². The van der Waals surface area contributed by atoms with Gasteiger partial charge in [-0.2, -0.15) is 0 Å². The van der Waals surface area contributed by atoms with Gasteiger partial charge in [0.2, 0.25) is 0 Å². The Labute approximate surface area is 171 Å². The maximum Gasteiger partial charge on any atom is 0.188 e. The Bertz CT molecular complexity index is 826. The molecule has 0 amide bonds. The summed E-state index contributed by atoms with van der Waals surface area (Å²) in [6.07, 6.45) is 0. The van der Waals surface area contributed by atoms with Crippen molar-refractivity contribution in [2.45, 2.75) is 26.8 Å². The molecular weight excluding hydrogens is 374 g/mol. The Morgan fingerprint density at radius 2 is 1.82 bits per heavy atom. The maximum atomic E-state index is 12.9. The minimum atomic E-state index is 0.153. The van der Waals surface area contributed by atoms with Crippen molar-refractivity contribution in [3.63, 3.8) is 0 Å². The molecule has 1 fully saturated rings. The first-order chi connectivity index (χ1) is 13.4. The van der Waals surface area contributed by atoms with Gasteiger partial charge in [-0.1, -0.05) is 0 Å². The van der Waals surface area contributed by atoms with Crippen LogP contribution in [0.3, 0.4) is 0 Å². The summed E-state index contributed by atoms with van der Waals surface area (Å²) >= 11 is 1.45. The molecule has 3 rings (SSSR count). The number of Topliss-reactive ketones (excluding diaryl/α,β-unsaturated/α-hetero) is 1. The number of rotatable bonds is 7. The first-order valence-electron chi connectivity index (χ1n) is 9.62. The molecule has 1 saturated heterocycles. The highest BCUT2D eigenvalue weighted by Crippen LogP contribution is 2.35. The van der Waals surface area contributed by atoms with Crippen LogP contribution in [0.25, 0.3) is 10.6 Å². The second-order valence-corrected chi connectivity index (χ2v) is 8.33. The van der Waals surface area contributed by atoms with Gasteiger partial charge in [-0.3, -0.25) is 14.6 Å². The number of thiazole rings is 1. The third kappa shape index (κ3) is 4.54. The minimum Gasteiger partial charge on any atom is -0.493 e. The fourth-order valence-electron chi connectivity index (χ4n) is 3.46. The summed E-state index contributed by atoms with van der Waals surface area (Å²) in [5.74, 6) is 1.49. The smallest absolute Gasteiger partial charge is 0.188 e. The number of carbonyl (C=O) groups is 1. The Morgan fingerprint density at radius 1 is 1.14 bits per heavy atom. The number of hydrogen-bond acceptors (Lipinski definition) is 7. The number of benzene rings is 1. The zero-order chi connectivity index (χ0) is 20.3. The number of aromatic nitrogens is 1. The van der Waals surface area contributed by atoms with E-state index < -0.39 is 0 Å². The van der Waals surface area contributed by atoms with E-state index in [2.05, 4.69) is 28.6 Å². The predicted octanol–water partition coefficient (Wildman–Crippen LogP) is 3.34. The first kappa shape index (κ1) is 20.8. The van der Waals surface area contributed by atoms with E-state index in [1.54, 1.807) is 14.2 Å². The van der Waals surface area contributed by atoms with Crippen LogP contribution < -0.4 is 9.47 Å². The van der Waals surface area contributed by atoms with Crippen LogP contribution in [0.5, 0.6) is 11.5 Å². The molecule has 0 N–H and O–H groups in total. The minimum absolute atomic E-state index is 0.153. The van der Waals surface area contributed by atoms with Crippen LogP contribution in [0.1, 0.15) is 29.2 Å². The summed E-state index contributed by atoms with van der Waals surface area (Å²) < 4.78 is 10.7. The van der Waals surface area contributed by atoms with Crippen LogP contribution in [-0.2, 0) is 0 Å². The molecule has 7 heteroatoms. The molecule has 152 valence electrons. The predicted molar refractivity (Wildman–Crippen MR) is 113 cm³/mol. The van der Waals surface area contributed by atoms with Gasteiger partial charge in [-0.05, 0) is 39.0 Å². The molecule has 0 bridgehead atoms. The molecule has 0 saturated carbocycles. The van der Waals surface area contributed by atoms with E-state index in [4.69, 9.17) is 9.47 Å². The van der Waals surface area contributed by atoms with Crippen LogP contribution in [-0.4, -0.2) is 73.6 Å². The van der Waals surface area contributed by atoms with Crippen LogP contribution in [0.4, 0.5) is 0 Å². The third-order valence-electron chi connectivity index (χ3n) is 5.18. The quantitative estimate of drug-likeness (QED) is 0.661. The van der Waals surface area contributed by atoms with Gasteiger partial charge in [0, 0.05) is 37.8 Å². The van der Waals surface area contributed by atoms with E-state index in [0.29, 0.717) is 24.1 Å². The second kappa shape index (κ2) is 9.03. The third-order valence-corrected chi connectivity index (χ3v) is 6.43. The van der Waals surface area contributed by atoms with Crippen molar-refractivity contribution in [3.05, 3.63) is 28.8 Å². The van der Waals surface area contributed by atoms with Gasteiger partial charge in [-0.15, -0.1) is 11.3 Å². The first-order valence-corrected chi connectivity index (χ1v) is 10.4. The number of methoxy groups -OCH3 is 2. The molecule has 1 aliphatic rings. The highest BCUT2D eigenvalue weighted by molar-refractivity contribution is 7.17. The average molecular weight is 404 g/mol. The fourth-order valence-corrected chi connectivity index (χ4v) is 4.45. The standard InChI is InChI=1S/C21H29N3O3S/c1-14(2)24-10-8-23(9-11-24)13-17(25)20-15(3)22-21(28-20)16-6-7-18(26-4)19(12-16)27-5/h6-7,12,14H,8-11,13H2,1-5H3. The van der Waals surface area contributed by atoms with Gasteiger partial charge >= 0.3 is 0 Å². The van der Waals surface area contributed by atoms with Crippen molar-refractivity contribution in [1.82, 2.24) is 14.8 Å². The van der Waals surface area contributed by atoms with Crippen LogP contribution in [0.2, 0.25) is 0 Å². The highest BCUT2D eigenvalue weighted by Gasteiger charge is 2.23. The van der Waals surface area contributed by atoms with E-state index in [1.807, 2.05) is 25.1 Å². The Balaban J connectivity index is 1.71. The summed E-state index contributed by atoms with van der Waals surface area (Å²) in [6, 6.07) is 6.27. The van der Waals surface area contributed by atoms with Crippen molar-refractivity contribution in [3.8, 4) is 22.1 Å². The number of piperazine rings is 1. The number of ether oxygens (including phenoxy) is 2. The molecule has 0 atom stereocenters. The van der Waals surface area contributed by atoms with Gasteiger partial charge in [0.05, 0.1) is 31.3 Å². The monoisotopic (exact) mass is 403 g/mol. The van der Waals surface area contributed by atoms with E-state index >= 15 is 0 Å². The fraction of sp³-hybridized carbons (Fsp3) is 0.524. The molecule has 2 aromatic rings. The number of aryl methyl sites for hydroxylation is 1. The van der Waals surface area contributed by atoms with E-state index in [0.717, 1.165) is 47.3 Å². The molecule has 1 aromatic heterocycles. The van der Waals surface area contributed by atoms with Crippen molar-refractivity contribution in [2.24, 2.45) is 0 Å². The number of hydrogen-bond donors (Lipinski definition) is 0. The molecule has 1 aliphatic heterocycles. The summed E-state index contributed by atoms with van der Waals surface area (Å²) in [7, 11) is 3.23. The zero-order valence-corrected chi connectivity index (χ0v) is 18.1. The normalized spacial score (nSPS) is 15.8. The number of nitrogens with zero attached hydrogens (tertiary/aromatic N) is 3. The van der Waals surface area contributed by atoms with Gasteiger partial charge in [0.25, 0.3) is 0 Å². The van der Waals surface area contributed by atoms with Crippen molar-refractivity contribution in [2.75, 3.05) is 46.9 Å². The summed E-state index contributed by atoms with van der Waals surface area (Å²) in [6.45, 7) is 10.7. The lowest BCUT2D eigenvalue weighted by atomic mass is 10.2. The summed E-state index contributed by atoms with van der Waals surface area (Å²) in [5, 5.41) is 0.825. The molecule has 2 heterocycles. The molecule has 1 aromatic carbocycles. The van der Waals surface area contributed by atoms with Gasteiger partial charge in [0.1, 0.15) is 5.01 Å². The van der Waals surface area contributed by atoms with E-state index in [-0.39, 0.29) is 5.78 Å². The largest absolute Gasteiger partial charge is 0.493 e. The summed E-state index contributed by atoms with van der Waals surface area (Å²) in [5.41, 5.74) is 1.72. The van der Waals surface area contributed by atoms with Crippen molar-refractivity contribution >= 4 is 17.1 Å². The van der Waals surface area contributed by atoms with E-state index in [9.17, 15) is 4.79 Å². The van der Waals surface area contributed by atoms with Gasteiger partial charge in [-0.25, -0.2) is 4.98 Å². The molecule has 0 aliphatic carbocycles. The zero-order valence-electron chi connectivity index (χ0n) is 17.3. The molecule has 6 nitrogen and oxygen atoms in total. The van der Waals surface area contributed by atoms with E-state index in [1.165, 1.54) is 11.3 Å². The molecule has 0 radical (unpaired) electrons. The second-order valence-electron chi connectivity index (χ2n) is 7.33. The SMILES string of the molecule is COc1ccc(-c2nc(C)c(C(=O)CN3CCN(C(C)C)CC3)s2)cc1OC. The maximum absolute atomic E-state index is 12.9. The molecule has 0 spiro atoms. The molecular formula is C21H29N3O3S. The lowest BCUT2D eigenvalue weighted by molar-refractivity contribution is 0.0810. The summed E-state index contributed by atoms with van der Waals surface area (Å²) in [4.78, 5) is 23.0. The Hall–Kier alpha value is -1.96. The highest BCUT2D eigenvalue weighted by atomic mass is 32.1. The van der Waals surface area contributed by atoms with Crippen LogP contribution in [0.15, 0.2) is 18.2 Å². The Kier molecular flexibility index (Phi) is 6.69. The molecule has 0 unspecified atom stereocenters. The van der Waals surface area contributed by atoms with Crippen LogP contribution in [0, 0.1) is 6.92 Å². The Morgan fingerprint density at radius 3 is 2.43 bits per heavy atom. The molecule has 28 heavy (non-hydrogen) atoms. The lowest BCUT2D eigenvalue weighted by Gasteiger charge is -2.36. The average Bonchev–Trinajstić information content (AvgIpc) is 3.09. The van der Waals surface area contributed by atoms with Crippen molar-refractivity contribution in [1.29, 1.82) is 0 Å². The van der Waals surface area contributed by atoms with Crippen molar-refractivity contribution < 1.29 is 14.3 Å². The lowest BCUT2D eigenvalue weighted by Crippen LogP contribution is -2.49. The van der Waals surface area contributed by atoms with Crippen LogP contribution >= 0.6 is 11.3 Å². The van der Waals surface area contributed by atoms with Gasteiger partial charge in [0.15, 0.2) is 17.3 Å².